The monoisotopic (exact) mass is 761 g/mol. The van der Waals surface area contributed by atoms with E-state index in [1.165, 1.54) is 14.2 Å². The predicted octanol–water partition coefficient (Wildman–Crippen LogP) is 3.22. The first kappa shape index (κ1) is 44.4. The van der Waals surface area contributed by atoms with Crippen molar-refractivity contribution in [3.63, 3.8) is 0 Å². The molecule has 14 nitrogen and oxygen atoms in total. The van der Waals surface area contributed by atoms with Gasteiger partial charge in [-0.05, 0) is 40.5 Å². The average Bonchev–Trinajstić information content (AvgIpc) is 3.16. The van der Waals surface area contributed by atoms with E-state index < -0.39 is 48.1 Å². The summed E-state index contributed by atoms with van der Waals surface area (Å²) in [5.74, 6) is -1.49. The molecule has 0 aliphatic carbocycles. The largest absolute Gasteiger partial charge is 0.390 e. The normalized spacial score (nSPS) is 13.4. The van der Waals surface area contributed by atoms with E-state index in [0.29, 0.717) is 13.2 Å². The maximum absolute atomic E-state index is 13.8. The molecule has 0 radical (unpaired) electrons. The molecular weight excluding hydrogens is 702 g/mol. The average molecular weight is 762 g/mol. The summed E-state index contributed by atoms with van der Waals surface area (Å²) in [7, 11) is 3.06. The van der Waals surface area contributed by atoms with E-state index in [0.717, 1.165) is 22.3 Å². The SMILES string of the molecule is COCCNC(=O)N[C@H](C(=O)NC(Cc1ccccc1)C(O)CN(Cc1ccc(-c2ccccc2)cc1)NC(=O)[C@@H](NC(=O)NCCOC)C(C)C)C(C)C. The first-order chi connectivity index (χ1) is 26.4. The topological polar surface area (TPSA) is 182 Å². The number of hydrogen-bond acceptors (Lipinski definition) is 8. The Balaban J connectivity index is 1.89. The third-order valence-electron chi connectivity index (χ3n) is 8.86. The number of amides is 6. The first-order valence-corrected chi connectivity index (χ1v) is 18.7. The minimum absolute atomic E-state index is 0.0912. The Morgan fingerprint density at radius 3 is 1.64 bits per heavy atom. The van der Waals surface area contributed by atoms with Crippen molar-refractivity contribution in [2.45, 2.75) is 64.9 Å². The fourth-order valence-corrected chi connectivity index (χ4v) is 5.79. The number of carbonyl (C=O) groups is 4. The molecule has 0 aliphatic heterocycles. The molecule has 55 heavy (non-hydrogen) atoms. The van der Waals surface area contributed by atoms with Gasteiger partial charge in [0.1, 0.15) is 12.1 Å². The van der Waals surface area contributed by atoms with Gasteiger partial charge in [0.05, 0.1) is 25.4 Å². The number of ether oxygens (including phenoxy) is 2. The minimum atomic E-state index is -1.20. The molecule has 0 aliphatic rings. The van der Waals surface area contributed by atoms with Gasteiger partial charge >= 0.3 is 12.1 Å². The second-order valence-electron chi connectivity index (χ2n) is 14.0. The Kier molecular flexibility index (Phi) is 19.1. The van der Waals surface area contributed by atoms with E-state index >= 15 is 0 Å². The van der Waals surface area contributed by atoms with Gasteiger partial charge in [-0.1, -0.05) is 113 Å². The molecule has 2 unspecified atom stereocenters. The molecule has 7 N–H and O–H groups in total. The van der Waals surface area contributed by atoms with Crippen LogP contribution in [0.15, 0.2) is 84.9 Å². The molecule has 3 aromatic rings. The molecule has 0 spiro atoms. The molecule has 3 rings (SSSR count). The van der Waals surface area contributed by atoms with Crippen molar-refractivity contribution in [3.05, 3.63) is 96.1 Å². The number of methoxy groups -OCH3 is 2. The summed E-state index contributed by atoms with van der Waals surface area (Å²) in [5.41, 5.74) is 6.74. The Morgan fingerprint density at radius 1 is 0.636 bits per heavy atom. The minimum Gasteiger partial charge on any atom is -0.390 e. The highest BCUT2D eigenvalue weighted by atomic mass is 16.5. The number of benzene rings is 3. The number of nitrogens with zero attached hydrogens (tertiary/aromatic N) is 1. The van der Waals surface area contributed by atoms with Gasteiger partial charge in [0.25, 0.3) is 5.91 Å². The standard InChI is InChI=1S/C41H59N7O7/c1-28(2)36(45-40(52)42-21-23-54-5)38(50)44-34(25-30-13-9-7-10-14-30)35(49)27-48(26-31-17-19-33(20-18-31)32-15-11-8-12-16-32)47-39(51)37(29(3)4)46-41(53)43-22-24-55-6/h7-20,28-29,34-37,49H,21-27H2,1-6H3,(H,44,50)(H,47,51)(H2,42,45,52)(H2,43,46,53)/t34?,35?,36-,37-/m0/s1. The smallest absolute Gasteiger partial charge is 0.315 e. The highest BCUT2D eigenvalue weighted by molar-refractivity contribution is 5.88. The lowest BCUT2D eigenvalue weighted by atomic mass is 9.98. The summed E-state index contributed by atoms with van der Waals surface area (Å²) in [6, 6.07) is 23.6. The van der Waals surface area contributed by atoms with Crippen molar-refractivity contribution in [3.8, 4) is 11.1 Å². The molecule has 3 aromatic carbocycles. The molecule has 0 saturated heterocycles. The van der Waals surface area contributed by atoms with Crippen molar-refractivity contribution < 1.29 is 33.8 Å². The molecule has 14 heteroatoms. The van der Waals surface area contributed by atoms with Gasteiger partial charge in [-0.25, -0.2) is 14.6 Å². The molecule has 0 saturated carbocycles. The predicted molar refractivity (Wildman–Crippen MR) is 213 cm³/mol. The lowest BCUT2D eigenvalue weighted by Gasteiger charge is -2.33. The van der Waals surface area contributed by atoms with Crippen LogP contribution in [0.1, 0.15) is 38.8 Å². The summed E-state index contributed by atoms with van der Waals surface area (Å²) in [5, 5.41) is 27.3. The van der Waals surface area contributed by atoms with Gasteiger partial charge < -0.3 is 41.2 Å². The molecule has 0 bridgehead atoms. The van der Waals surface area contributed by atoms with Gasteiger partial charge in [0.15, 0.2) is 0 Å². The van der Waals surface area contributed by atoms with E-state index in [2.05, 4.69) is 32.0 Å². The number of urea groups is 2. The number of aliphatic hydroxyl groups is 1. The maximum atomic E-state index is 13.8. The van der Waals surface area contributed by atoms with E-state index in [4.69, 9.17) is 9.47 Å². The van der Waals surface area contributed by atoms with Crippen LogP contribution < -0.4 is 32.0 Å². The fraction of sp³-hybridized carbons (Fsp3) is 0.463. The van der Waals surface area contributed by atoms with E-state index in [1.807, 2.05) is 113 Å². The second kappa shape index (κ2) is 23.7. The van der Waals surface area contributed by atoms with E-state index in [-0.39, 0.29) is 44.4 Å². The summed E-state index contributed by atoms with van der Waals surface area (Å²) < 4.78 is 10.0. The van der Waals surface area contributed by atoms with Crippen LogP contribution in [-0.4, -0.2) is 105 Å². The molecule has 0 aromatic heterocycles. The van der Waals surface area contributed by atoms with Gasteiger partial charge in [-0.3, -0.25) is 15.0 Å². The zero-order valence-electron chi connectivity index (χ0n) is 32.8. The van der Waals surface area contributed by atoms with E-state index in [1.54, 1.807) is 5.01 Å². The van der Waals surface area contributed by atoms with Crippen LogP contribution in [0.2, 0.25) is 0 Å². The Bertz CT molecular complexity index is 1590. The zero-order chi connectivity index (χ0) is 40.2. The molecular formula is C41H59N7O7. The van der Waals surface area contributed by atoms with Gasteiger partial charge in [-0.2, -0.15) is 0 Å². The summed E-state index contributed by atoms with van der Waals surface area (Å²) in [6.07, 6.45) is -0.927. The number of carbonyl (C=O) groups excluding carboxylic acids is 4. The van der Waals surface area contributed by atoms with Crippen molar-refractivity contribution in [1.82, 2.24) is 37.0 Å². The second-order valence-corrected chi connectivity index (χ2v) is 14.0. The highest BCUT2D eigenvalue weighted by Gasteiger charge is 2.32. The highest BCUT2D eigenvalue weighted by Crippen LogP contribution is 2.20. The quantitative estimate of drug-likeness (QED) is 0.0602. The fourth-order valence-electron chi connectivity index (χ4n) is 5.79. The Labute approximate surface area is 325 Å². The van der Waals surface area contributed by atoms with Crippen LogP contribution in [0.3, 0.4) is 0 Å². The van der Waals surface area contributed by atoms with Crippen molar-refractivity contribution in [2.75, 3.05) is 47.1 Å². The molecule has 300 valence electrons. The first-order valence-electron chi connectivity index (χ1n) is 18.7. The van der Waals surface area contributed by atoms with Crippen molar-refractivity contribution in [1.29, 1.82) is 0 Å². The van der Waals surface area contributed by atoms with Crippen LogP contribution in [-0.2, 0) is 32.0 Å². The summed E-state index contributed by atoms with van der Waals surface area (Å²) >= 11 is 0. The number of hydrazine groups is 1. The van der Waals surface area contributed by atoms with Gasteiger partial charge in [0.2, 0.25) is 5.91 Å². The van der Waals surface area contributed by atoms with Crippen molar-refractivity contribution >= 4 is 23.9 Å². The summed E-state index contributed by atoms with van der Waals surface area (Å²) in [4.78, 5) is 52.9. The Morgan fingerprint density at radius 2 is 1.13 bits per heavy atom. The number of rotatable bonds is 22. The number of hydrogen-bond donors (Lipinski definition) is 7. The third-order valence-corrected chi connectivity index (χ3v) is 8.86. The number of aliphatic hydroxyl groups excluding tert-OH is 1. The van der Waals surface area contributed by atoms with Crippen LogP contribution in [0.4, 0.5) is 9.59 Å². The van der Waals surface area contributed by atoms with Gasteiger partial charge in [-0.15, -0.1) is 0 Å². The maximum Gasteiger partial charge on any atom is 0.315 e. The number of nitrogens with one attached hydrogen (secondary N) is 6. The van der Waals surface area contributed by atoms with Crippen LogP contribution in [0.25, 0.3) is 11.1 Å². The Hall–Kier alpha value is -5.02. The van der Waals surface area contributed by atoms with Crippen LogP contribution >= 0.6 is 0 Å². The molecule has 6 amide bonds. The van der Waals surface area contributed by atoms with Crippen molar-refractivity contribution in [2.24, 2.45) is 11.8 Å². The zero-order valence-corrected chi connectivity index (χ0v) is 32.8. The molecule has 0 heterocycles. The van der Waals surface area contributed by atoms with Crippen LogP contribution in [0.5, 0.6) is 0 Å². The molecule has 0 fully saturated rings. The van der Waals surface area contributed by atoms with Crippen LogP contribution in [0, 0.1) is 11.8 Å². The summed E-state index contributed by atoms with van der Waals surface area (Å²) in [6.45, 7) is 8.57. The lowest BCUT2D eigenvalue weighted by Crippen LogP contribution is -2.60. The van der Waals surface area contributed by atoms with E-state index in [9.17, 15) is 24.3 Å². The third kappa shape index (κ3) is 15.7. The molecule has 4 atom stereocenters. The lowest BCUT2D eigenvalue weighted by molar-refractivity contribution is -0.131. The van der Waals surface area contributed by atoms with Gasteiger partial charge in [0, 0.05) is 40.4 Å².